The molecule has 0 spiro atoms. The molecule has 4 rings (SSSR count). The molecule has 2 aromatic heterocycles. The van der Waals surface area contributed by atoms with Gasteiger partial charge in [-0.15, -0.1) is 0 Å². The minimum absolute atomic E-state index is 0.000735. The number of fused-ring (bicyclic) bond motifs is 2. The fourth-order valence-corrected chi connectivity index (χ4v) is 5.66. The summed E-state index contributed by atoms with van der Waals surface area (Å²) in [6.07, 6.45) is 9.68. The third kappa shape index (κ3) is 2.78. The Morgan fingerprint density at radius 3 is 2.33 bits per heavy atom. The van der Waals surface area contributed by atoms with Gasteiger partial charge >= 0.3 is 0 Å². The van der Waals surface area contributed by atoms with Crippen molar-refractivity contribution in [2.45, 2.75) is 48.8 Å². The molecular formula is C17H19N3O3S. The van der Waals surface area contributed by atoms with Gasteiger partial charge in [0.25, 0.3) is 0 Å². The molecule has 2 atom stereocenters. The van der Waals surface area contributed by atoms with E-state index in [1.807, 2.05) is 12.1 Å². The summed E-state index contributed by atoms with van der Waals surface area (Å²) in [6, 6.07) is 6.94. The van der Waals surface area contributed by atoms with Crippen molar-refractivity contribution in [3.05, 3.63) is 49.1 Å². The van der Waals surface area contributed by atoms with Gasteiger partial charge in [-0.1, -0.05) is 0 Å². The first kappa shape index (κ1) is 15.5. The molecule has 2 aliphatic rings. The monoisotopic (exact) mass is 345 g/mol. The van der Waals surface area contributed by atoms with Gasteiger partial charge in [0.05, 0.1) is 0 Å². The predicted molar refractivity (Wildman–Crippen MR) is 88.0 cm³/mol. The number of hydrogen-bond acceptors (Lipinski definition) is 5. The lowest BCUT2D eigenvalue weighted by atomic mass is 10.0. The SMILES string of the molecule is O=S(=O)(c1cccnc1)N1C2CCC1CC(Oc1ccncc1)C2. The van der Waals surface area contributed by atoms with E-state index >= 15 is 0 Å². The van der Waals surface area contributed by atoms with Crippen LogP contribution in [0.25, 0.3) is 0 Å². The fourth-order valence-electron chi connectivity index (χ4n) is 3.80. The Hall–Kier alpha value is -1.99. The summed E-state index contributed by atoms with van der Waals surface area (Å²) in [4.78, 5) is 8.21. The van der Waals surface area contributed by atoms with E-state index in [0.29, 0.717) is 0 Å². The Balaban J connectivity index is 1.53. The normalized spacial score (nSPS) is 27.1. The summed E-state index contributed by atoms with van der Waals surface area (Å²) in [5, 5.41) is 0. The Morgan fingerprint density at radius 1 is 1.00 bits per heavy atom. The van der Waals surface area contributed by atoms with Gasteiger partial charge in [-0.05, 0) is 37.1 Å². The molecule has 0 radical (unpaired) electrons. The van der Waals surface area contributed by atoms with Gasteiger partial charge in [0.1, 0.15) is 16.7 Å². The van der Waals surface area contributed by atoms with Gasteiger partial charge in [0, 0.05) is 49.7 Å². The molecule has 4 heterocycles. The van der Waals surface area contributed by atoms with Crippen molar-refractivity contribution in [3.63, 3.8) is 0 Å². The van der Waals surface area contributed by atoms with Crippen molar-refractivity contribution in [2.75, 3.05) is 0 Å². The van der Waals surface area contributed by atoms with Crippen LogP contribution in [0.1, 0.15) is 25.7 Å². The fraction of sp³-hybridized carbons (Fsp3) is 0.412. The van der Waals surface area contributed by atoms with Crippen molar-refractivity contribution in [2.24, 2.45) is 0 Å². The number of ether oxygens (including phenoxy) is 1. The Morgan fingerprint density at radius 2 is 1.71 bits per heavy atom. The Kier molecular flexibility index (Phi) is 3.97. The number of rotatable bonds is 4. The van der Waals surface area contributed by atoms with E-state index in [1.54, 1.807) is 35.0 Å². The molecular weight excluding hydrogens is 326 g/mol. The molecule has 2 unspecified atom stereocenters. The van der Waals surface area contributed by atoms with Crippen molar-refractivity contribution >= 4 is 10.0 Å². The zero-order valence-corrected chi connectivity index (χ0v) is 14.0. The average molecular weight is 345 g/mol. The van der Waals surface area contributed by atoms with Gasteiger partial charge in [-0.25, -0.2) is 8.42 Å². The first-order chi connectivity index (χ1) is 11.6. The van der Waals surface area contributed by atoms with Crippen LogP contribution in [0.3, 0.4) is 0 Å². The highest BCUT2D eigenvalue weighted by atomic mass is 32.2. The molecule has 6 nitrogen and oxygen atoms in total. The third-order valence-electron chi connectivity index (χ3n) is 4.79. The summed E-state index contributed by atoms with van der Waals surface area (Å²) in [5.41, 5.74) is 0. The van der Waals surface area contributed by atoms with Gasteiger partial charge in [0.15, 0.2) is 0 Å². The number of hydrogen-bond donors (Lipinski definition) is 0. The van der Waals surface area contributed by atoms with Crippen molar-refractivity contribution in [1.29, 1.82) is 0 Å². The van der Waals surface area contributed by atoms with Crippen molar-refractivity contribution < 1.29 is 13.2 Å². The van der Waals surface area contributed by atoms with Crippen molar-refractivity contribution in [1.82, 2.24) is 14.3 Å². The molecule has 2 bridgehead atoms. The molecule has 2 aromatic rings. The van der Waals surface area contributed by atoms with Crippen LogP contribution in [-0.4, -0.2) is 40.9 Å². The summed E-state index contributed by atoms with van der Waals surface area (Å²) in [5.74, 6) is 0.790. The smallest absolute Gasteiger partial charge is 0.245 e. The number of piperidine rings is 1. The quantitative estimate of drug-likeness (QED) is 0.850. The van der Waals surface area contributed by atoms with Gasteiger partial charge in [0.2, 0.25) is 10.0 Å². The molecule has 2 saturated heterocycles. The van der Waals surface area contributed by atoms with E-state index in [1.165, 1.54) is 6.20 Å². The lowest BCUT2D eigenvalue weighted by molar-refractivity contribution is 0.0956. The van der Waals surface area contributed by atoms with Gasteiger partial charge in [-0.3, -0.25) is 9.97 Å². The molecule has 2 fully saturated rings. The number of aromatic nitrogens is 2. The Bertz CT molecular complexity index is 784. The van der Waals surface area contributed by atoms with E-state index in [4.69, 9.17) is 4.74 Å². The van der Waals surface area contributed by atoms with E-state index in [9.17, 15) is 8.42 Å². The number of pyridine rings is 2. The zero-order valence-electron chi connectivity index (χ0n) is 13.2. The average Bonchev–Trinajstić information content (AvgIpc) is 2.89. The zero-order chi connectivity index (χ0) is 16.6. The van der Waals surface area contributed by atoms with E-state index < -0.39 is 10.0 Å². The van der Waals surface area contributed by atoms with Crippen LogP contribution >= 0.6 is 0 Å². The minimum atomic E-state index is -3.49. The topological polar surface area (TPSA) is 72.4 Å². The van der Waals surface area contributed by atoms with Crippen LogP contribution in [-0.2, 0) is 10.0 Å². The summed E-state index contributed by atoms with van der Waals surface area (Å²) in [6.45, 7) is 0. The highest BCUT2D eigenvalue weighted by molar-refractivity contribution is 7.89. The summed E-state index contributed by atoms with van der Waals surface area (Å²) >= 11 is 0. The largest absolute Gasteiger partial charge is 0.490 e. The van der Waals surface area contributed by atoms with Crippen LogP contribution in [0.15, 0.2) is 53.9 Å². The molecule has 24 heavy (non-hydrogen) atoms. The molecule has 7 heteroatoms. The Labute approximate surface area is 141 Å². The van der Waals surface area contributed by atoms with Gasteiger partial charge < -0.3 is 4.74 Å². The van der Waals surface area contributed by atoms with Crippen LogP contribution in [0, 0.1) is 0 Å². The molecule has 0 N–H and O–H groups in total. The second-order valence-electron chi connectivity index (χ2n) is 6.30. The first-order valence-electron chi connectivity index (χ1n) is 8.15. The highest BCUT2D eigenvalue weighted by Gasteiger charge is 2.47. The van der Waals surface area contributed by atoms with E-state index in [2.05, 4.69) is 9.97 Å². The molecule has 2 aliphatic heterocycles. The first-order valence-corrected chi connectivity index (χ1v) is 9.59. The summed E-state index contributed by atoms with van der Waals surface area (Å²) < 4.78 is 33.6. The molecule has 0 amide bonds. The van der Waals surface area contributed by atoms with E-state index in [-0.39, 0.29) is 23.1 Å². The minimum Gasteiger partial charge on any atom is -0.490 e. The second kappa shape index (κ2) is 6.14. The second-order valence-corrected chi connectivity index (χ2v) is 8.15. The molecule has 0 saturated carbocycles. The van der Waals surface area contributed by atoms with Crippen LogP contribution in [0.2, 0.25) is 0 Å². The van der Waals surface area contributed by atoms with Crippen LogP contribution in [0.5, 0.6) is 5.75 Å². The lowest BCUT2D eigenvalue weighted by Crippen LogP contribution is -2.49. The maximum Gasteiger partial charge on any atom is 0.245 e. The van der Waals surface area contributed by atoms with E-state index in [0.717, 1.165) is 31.4 Å². The summed E-state index contributed by atoms with van der Waals surface area (Å²) in [7, 11) is -3.49. The van der Waals surface area contributed by atoms with Crippen LogP contribution < -0.4 is 4.74 Å². The molecule has 0 aromatic carbocycles. The van der Waals surface area contributed by atoms with Crippen LogP contribution in [0.4, 0.5) is 0 Å². The number of nitrogens with zero attached hydrogens (tertiary/aromatic N) is 3. The predicted octanol–water partition coefficient (Wildman–Crippen LogP) is 2.24. The standard InChI is InChI=1S/C17H19N3O3S/c21-24(22,17-2-1-7-19-12-17)20-13-3-4-14(20)11-16(10-13)23-15-5-8-18-9-6-15/h1-2,5-9,12-14,16H,3-4,10-11H2. The van der Waals surface area contributed by atoms with Gasteiger partial charge in [-0.2, -0.15) is 4.31 Å². The maximum atomic E-state index is 12.9. The number of sulfonamides is 1. The lowest BCUT2D eigenvalue weighted by Gasteiger charge is -2.37. The van der Waals surface area contributed by atoms with Crippen molar-refractivity contribution in [3.8, 4) is 5.75 Å². The maximum absolute atomic E-state index is 12.9. The highest BCUT2D eigenvalue weighted by Crippen LogP contribution is 2.40. The molecule has 126 valence electrons. The molecule has 0 aliphatic carbocycles. The third-order valence-corrected chi connectivity index (χ3v) is 6.77.